The first-order valence-electron chi connectivity index (χ1n) is 5.45. The Bertz CT molecular complexity index is 578. The molecule has 0 atom stereocenters. The van der Waals surface area contributed by atoms with Gasteiger partial charge in [-0.15, -0.1) is 0 Å². The number of nitrogens with one attached hydrogen (secondary N) is 1. The molecule has 3 rings (SSSR count). The number of hydrogen-bond acceptors (Lipinski definition) is 1. The molecule has 0 aromatic heterocycles. The van der Waals surface area contributed by atoms with E-state index in [1.807, 2.05) is 35.2 Å². The molecule has 0 unspecified atom stereocenters. The number of fused-ring (bicyclic) bond motifs is 1. The summed E-state index contributed by atoms with van der Waals surface area (Å²) in [4.78, 5) is 1.88. The molecule has 1 aliphatic heterocycles. The molecule has 2 aromatic carbocycles. The van der Waals surface area contributed by atoms with E-state index in [1.165, 1.54) is 12.1 Å². The molecule has 1 aliphatic rings. The van der Waals surface area contributed by atoms with Crippen molar-refractivity contribution in [1.82, 2.24) is 0 Å². The number of para-hydroxylation sites is 1. The maximum atomic E-state index is 13.1. The van der Waals surface area contributed by atoms with Gasteiger partial charge in [0.25, 0.3) is 0 Å². The van der Waals surface area contributed by atoms with Crippen molar-refractivity contribution in [1.29, 1.82) is 5.41 Å². The molecule has 0 fully saturated rings. The summed E-state index contributed by atoms with van der Waals surface area (Å²) in [6, 6.07) is 14.4. The zero-order valence-corrected chi connectivity index (χ0v) is 9.15. The second-order valence-electron chi connectivity index (χ2n) is 4.07. The molecule has 17 heavy (non-hydrogen) atoms. The van der Waals surface area contributed by atoms with E-state index in [4.69, 9.17) is 5.41 Å². The highest BCUT2D eigenvalue weighted by Gasteiger charge is 2.25. The van der Waals surface area contributed by atoms with Gasteiger partial charge < -0.3 is 4.90 Å². The molecule has 3 heteroatoms. The summed E-state index contributed by atoms with van der Waals surface area (Å²) in [7, 11) is 0. The average Bonchev–Trinajstić information content (AvgIpc) is 2.68. The van der Waals surface area contributed by atoms with E-state index in [2.05, 4.69) is 0 Å². The van der Waals surface area contributed by atoms with E-state index in [9.17, 15) is 4.39 Å². The van der Waals surface area contributed by atoms with Crippen LogP contribution in [0.15, 0.2) is 48.5 Å². The molecule has 0 radical (unpaired) electrons. The van der Waals surface area contributed by atoms with Crippen LogP contribution in [0.2, 0.25) is 0 Å². The summed E-state index contributed by atoms with van der Waals surface area (Å²) >= 11 is 0. The van der Waals surface area contributed by atoms with Gasteiger partial charge in [-0.25, -0.2) is 4.39 Å². The molecule has 2 aromatic rings. The molecule has 2 nitrogen and oxygen atoms in total. The number of rotatable bonds is 1. The second kappa shape index (κ2) is 3.70. The van der Waals surface area contributed by atoms with E-state index < -0.39 is 0 Å². The Morgan fingerprint density at radius 3 is 2.59 bits per heavy atom. The molecule has 0 saturated carbocycles. The molecule has 84 valence electrons. The van der Waals surface area contributed by atoms with E-state index >= 15 is 0 Å². The highest BCUT2D eigenvalue weighted by Crippen LogP contribution is 2.28. The van der Waals surface area contributed by atoms with Gasteiger partial charge in [-0.1, -0.05) is 24.3 Å². The molecule has 0 spiro atoms. The first-order chi connectivity index (χ1) is 8.25. The van der Waals surface area contributed by atoms with E-state index in [-0.39, 0.29) is 5.82 Å². The van der Waals surface area contributed by atoms with Crippen LogP contribution in [0.3, 0.4) is 0 Å². The van der Waals surface area contributed by atoms with Gasteiger partial charge in [0, 0.05) is 11.3 Å². The van der Waals surface area contributed by atoms with Crippen molar-refractivity contribution >= 4 is 11.5 Å². The van der Waals surface area contributed by atoms with Gasteiger partial charge in [-0.2, -0.15) is 0 Å². The minimum Gasteiger partial charge on any atom is -0.322 e. The monoisotopic (exact) mass is 226 g/mol. The zero-order valence-electron chi connectivity index (χ0n) is 9.15. The van der Waals surface area contributed by atoms with Crippen LogP contribution in [0, 0.1) is 11.2 Å². The van der Waals surface area contributed by atoms with Crippen molar-refractivity contribution in [2.45, 2.75) is 6.54 Å². The third-order valence-electron chi connectivity index (χ3n) is 2.99. The fourth-order valence-corrected chi connectivity index (χ4v) is 2.13. The number of hydrogen-bond donors (Lipinski definition) is 1. The topological polar surface area (TPSA) is 27.1 Å². The van der Waals surface area contributed by atoms with Crippen molar-refractivity contribution in [2.75, 3.05) is 4.90 Å². The van der Waals surface area contributed by atoms with Crippen LogP contribution in [0.4, 0.5) is 10.1 Å². The van der Waals surface area contributed by atoms with Gasteiger partial charge in [-0.3, -0.25) is 5.41 Å². The minimum absolute atomic E-state index is 0.289. The summed E-state index contributed by atoms with van der Waals surface area (Å²) in [6.45, 7) is 0.637. The smallest absolute Gasteiger partial charge is 0.133 e. The van der Waals surface area contributed by atoms with Crippen LogP contribution in [0.5, 0.6) is 0 Å². The van der Waals surface area contributed by atoms with Crippen molar-refractivity contribution in [3.63, 3.8) is 0 Å². The molecule has 1 heterocycles. The number of amidine groups is 1. The Morgan fingerprint density at radius 2 is 1.82 bits per heavy atom. The van der Waals surface area contributed by atoms with Crippen molar-refractivity contribution in [3.8, 4) is 0 Å². The van der Waals surface area contributed by atoms with Crippen LogP contribution in [0.1, 0.15) is 11.1 Å². The molecule has 0 bridgehead atoms. The number of benzene rings is 2. The quantitative estimate of drug-likeness (QED) is 0.794. The van der Waals surface area contributed by atoms with E-state index in [1.54, 1.807) is 6.07 Å². The summed E-state index contributed by atoms with van der Waals surface area (Å²) in [6.07, 6.45) is 0. The Balaban J connectivity index is 2.02. The predicted octanol–water partition coefficient (Wildman–Crippen LogP) is 3.17. The van der Waals surface area contributed by atoms with E-state index in [0.717, 1.165) is 11.3 Å². The van der Waals surface area contributed by atoms with Crippen molar-refractivity contribution in [3.05, 3.63) is 65.5 Å². The van der Waals surface area contributed by atoms with Crippen molar-refractivity contribution < 1.29 is 4.39 Å². The zero-order chi connectivity index (χ0) is 11.8. The lowest BCUT2D eigenvalue weighted by atomic mass is 10.1. The van der Waals surface area contributed by atoms with Gasteiger partial charge in [0.15, 0.2) is 0 Å². The van der Waals surface area contributed by atoms with Gasteiger partial charge in [0.1, 0.15) is 11.7 Å². The van der Waals surface area contributed by atoms with Crippen molar-refractivity contribution in [2.24, 2.45) is 0 Å². The highest BCUT2D eigenvalue weighted by molar-refractivity contribution is 6.11. The van der Waals surface area contributed by atoms with Crippen LogP contribution < -0.4 is 4.90 Å². The molecular formula is C14H11FN2. The Hall–Kier alpha value is -2.16. The maximum Gasteiger partial charge on any atom is 0.133 e. The Kier molecular flexibility index (Phi) is 2.18. The van der Waals surface area contributed by atoms with Crippen LogP contribution >= 0.6 is 0 Å². The number of nitrogens with zero attached hydrogens (tertiary/aromatic N) is 1. The summed E-state index contributed by atoms with van der Waals surface area (Å²) in [5.74, 6) is 0.0779. The predicted molar refractivity (Wildman–Crippen MR) is 65.9 cm³/mol. The first-order valence-corrected chi connectivity index (χ1v) is 5.45. The summed E-state index contributed by atoms with van der Waals surface area (Å²) in [5, 5.41) is 8.08. The summed E-state index contributed by atoms with van der Waals surface area (Å²) < 4.78 is 13.1. The van der Waals surface area contributed by atoms with Crippen LogP contribution in [-0.4, -0.2) is 5.84 Å². The molecular weight excluding hydrogens is 215 g/mol. The first kappa shape index (κ1) is 10.0. The molecule has 1 N–H and O–H groups in total. The average molecular weight is 226 g/mol. The largest absolute Gasteiger partial charge is 0.322 e. The highest BCUT2D eigenvalue weighted by atomic mass is 19.1. The van der Waals surface area contributed by atoms with Gasteiger partial charge in [0.05, 0.1) is 6.54 Å². The van der Waals surface area contributed by atoms with Gasteiger partial charge in [0.2, 0.25) is 0 Å². The van der Waals surface area contributed by atoms with Crippen LogP contribution in [-0.2, 0) is 6.54 Å². The Labute approximate surface area is 98.8 Å². The minimum atomic E-state index is -0.289. The third-order valence-corrected chi connectivity index (χ3v) is 2.99. The number of halogens is 1. The van der Waals surface area contributed by atoms with E-state index in [0.29, 0.717) is 17.9 Å². The second-order valence-corrected chi connectivity index (χ2v) is 4.07. The number of anilines is 1. The molecule has 0 aliphatic carbocycles. The van der Waals surface area contributed by atoms with Crippen LogP contribution in [0.25, 0.3) is 0 Å². The maximum absolute atomic E-state index is 13.1. The van der Waals surface area contributed by atoms with Gasteiger partial charge >= 0.3 is 0 Å². The molecule has 0 saturated heterocycles. The molecule has 0 amide bonds. The lowest BCUT2D eigenvalue weighted by Gasteiger charge is -2.17. The third kappa shape index (κ3) is 1.60. The standard InChI is InChI=1S/C14H11FN2/c15-11-7-6-10-9-17(14(16)13(10)8-11)12-4-2-1-3-5-12/h1-8,16H,9H2. The summed E-state index contributed by atoms with van der Waals surface area (Å²) in [5.41, 5.74) is 2.66. The fraction of sp³-hybridized carbons (Fsp3) is 0.0714. The Morgan fingerprint density at radius 1 is 1.06 bits per heavy atom. The fourth-order valence-electron chi connectivity index (χ4n) is 2.13. The lowest BCUT2D eigenvalue weighted by Crippen LogP contribution is -2.22. The normalized spacial score (nSPS) is 13.9. The lowest BCUT2D eigenvalue weighted by molar-refractivity contribution is 0.627. The van der Waals surface area contributed by atoms with Gasteiger partial charge in [-0.05, 0) is 29.8 Å². The SMILES string of the molecule is N=C1c2cc(F)ccc2CN1c1ccccc1.